The zero-order valence-corrected chi connectivity index (χ0v) is 8.16. The summed E-state index contributed by atoms with van der Waals surface area (Å²) < 4.78 is 18.5. The highest BCUT2D eigenvalue weighted by molar-refractivity contribution is 5.38. The third-order valence-corrected chi connectivity index (χ3v) is 2.64. The molecule has 2 rings (SSSR count). The van der Waals surface area contributed by atoms with Gasteiger partial charge in [-0.25, -0.2) is 4.39 Å². The molecule has 3 heteroatoms. The van der Waals surface area contributed by atoms with Crippen LogP contribution in [-0.4, -0.2) is 6.10 Å². The van der Waals surface area contributed by atoms with Crippen molar-refractivity contribution in [1.29, 1.82) is 0 Å². The van der Waals surface area contributed by atoms with Crippen LogP contribution in [0.4, 0.5) is 4.39 Å². The van der Waals surface area contributed by atoms with E-state index in [4.69, 9.17) is 10.5 Å². The van der Waals surface area contributed by atoms with Gasteiger partial charge in [-0.05, 0) is 12.5 Å². The Kier molecular flexibility index (Phi) is 2.42. The molecule has 0 bridgehead atoms. The average molecular weight is 195 g/mol. The van der Waals surface area contributed by atoms with Crippen molar-refractivity contribution in [2.75, 3.05) is 0 Å². The van der Waals surface area contributed by atoms with Crippen LogP contribution in [0, 0.1) is 5.82 Å². The maximum Gasteiger partial charge on any atom is 0.127 e. The normalized spacial score (nSPS) is 25.4. The van der Waals surface area contributed by atoms with Crippen molar-refractivity contribution in [3.63, 3.8) is 0 Å². The topological polar surface area (TPSA) is 35.2 Å². The fraction of sp³-hybridized carbons (Fsp3) is 0.455. The van der Waals surface area contributed by atoms with Crippen LogP contribution in [0.2, 0.25) is 0 Å². The Morgan fingerprint density at radius 3 is 3.07 bits per heavy atom. The molecule has 0 radical (unpaired) electrons. The summed E-state index contributed by atoms with van der Waals surface area (Å²) in [6.45, 7) is 2.04. The van der Waals surface area contributed by atoms with Gasteiger partial charge in [-0.15, -0.1) is 0 Å². The first kappa shape index (κ1) is 9.46. The highest BCUT2D eigenvalue weighted by Crippen LogP contribution is 2.34. The number of ether oxygens (including phenoxy) is 1. The molecule has 1 aromatic carbocycles. The smallest absolute Gasteiger partial charge is 0.127 e. The van der Waals surface area contributed by atoms with Crippen molar-refractivity contribution >= 4 is 0 Å². The van der Waals surface area contributed by atoms with E-state index >= 15 is 0 Å². The number of halogens is 1. The van der Waals surface area contributed by atoms with Gasteiger partial charge in [-0.2, -0.15) is 0 Å². The molecule has 2 N–H and O–H groups in total. The predicted molar refractivity (Wildman–Crippen MR) is 52.7 cm³/mol. The Labute approximate surface area is 82.9 Å². The maximum atomic E-state index is 12.9. The first-order valence-corrected chi connectivity index (χ1v) is 4.92. The summed E-state index contributed by atoms with van der Waals surface area (Å²) >= 11 is 0. The highest BCUT2D eigenvalue weighted by atomic mass is 19.1. The van der Waals surface area contributed by atoms with Gasteiger partial charge >= 0.3 is 0 Å². The molecule has 2 nitrogen and oxygen atoms in total. The molecule has 2 atom stereocenters. The number of nitrogens with two attached hydrogens (primary N) is 1. The molecular weight excluding hydrogens is 181 g/mol. The minimum absolute atomic E-state index is 0.0238. The lowest BCUT2D eigenvalue weighted by Gasteiger charge is -2.29. The van der Waals surface area contributed by atoms with E-state index in [2.05, 4.69) is 0 Å². The molecule has 1 aliphatic rings. The monoisotopic (exact) mass is 195 g/mol. The summed E-state index contributed by atoms with van der Waals surface area (Å²) in [6, 6.07) is 4.52. The average Bonchev–Trinajstić information content (AvgIpc) is 2.16. The van der Waals surface area contributed by atoms with Crippen LogP contribution in [0.5, 0.6) is 5.75 Å². The van der Waals surface area contributed by atoms with Crippen LogP contribution in [0.25, 0.3) is 0 Å². The van der Waals surface area contributed by atoms with Crippen LogP contribution in [0.3, 0.4) is 0 Å². The molecule has 0 amide bonds. The minimum Gasteiger partial charge on any atom is -0.490 e. The highest BCUT2D eigenvalue weighted by Gasteiger charge is 2.24. The summed E-state index contributed by atoms with van der Waals surface area (Å²) in [5.74, 6) is 0.336. The van der Waals surface area contributed by atoms with E-state index in [0.29, 0.717) is 5.75 Å². The lowest BCUT2D eigenvalue weighted by atomic mass is 9.96. The lowest BCUT2D eigenvalue weighted by Crippen LogP contribution is -2.28. The minimum atomic E-state index is -0.271. The van der Waals surface area contributed by atoms with Gasteiger partial charge in [0.15, 0.2) is 0 Å². The molecule has 1 heterocycles. The van der Waals surface area contributed by atoms with Gasteiger partial charge in [0.05, 0.1) is 0 Å². The molecular formula is C11H14FNO. The Hall–Kier alpha value is -1.09. The van der Waals surface area contributed by atoms with Crippen molar-refractivity contribution in [3.8, 4) is 5.75 Å². The Morgan fingerprint density at radius 2 is 2.36 bits per heavy atom. The fourth-order valence-corrected chi connectivity index (χ4v) is 1.80. The largest absolute Gasteiger partial charge is 0.490 e. The van der Waals surface area contributed by atoms with E-state index in [-0.39, 0.29) is 18.0 Å². The van der Waals surface area contributed by atoms with E-state index < -0.39 is 0 Å². The zero-order chi connectivity index (χ0) is 10.1. The van der Waals surface area contributed by atoms with Gasteiger partial charge in [0.25, 0.3) is 0 Å². The molecule has 0 aliphatic carbocycles. The molecule has 1 aromatic rings. The molecule has 14 heavy (non-hydrogen) atoms. The number of fused-ring (bicyclic) bond motifs is 1. The molecule has 0 saturated heterocycles. The van der Waals surface area contributed by atoms with Crippen molar-refractivity contribution in [3.05, 3.63) is 29.6 Å². The van der Waals surface area contributed by atoms with Gasteiger partial charge in [0.1, 0.15) is 17.7 Å². The first-order valence-electron chi connectivity index (χ1n) is 4.92. The maximum absolute atomic E-state index is 12.9. The lowest BCUT2D eigenvalue weighted by molar-refractivity contribution is 0.154. The predicted octanol–water partition coefficient (Wildman–Crippen LogP) is 2.39. The quantitative estimate of drug-likeness (QED) is 0.746. The number of hydrogen-bond donors (Lipinski definition) is 1. The second kappa shape index (κ2) is 3.58. The van der Waals surface area contributed by atoms with E-state index in [1.54, 1.807) is 6.07 Å². The van der Waals surface area contributed by atoms with Gasteiger partial charge < -0.3 is 10.5 Å². The van der Waals surface area contributed by atoms with Crippen molar-refractivity contribution in [2.45, 2.75) is 31.9 Å². The van der Waals surface area contributed by atoms with E-state index in [1.807, 2.05) is 6.92 Å². The fourth-order valence-electron chi connectivity index (χ4n) is 1.80. The summed E-state index contributed by atoms with van der Waals surface area (Å²) in [5, 5.41) is 0. The second-order valence-electron chi connectivity index (χ2n) is 3.67. The van der Waals surface area contributed by atoms with Crippen LogP contribution < -0.4 is 10.5 Å². The Balaban J connectivity index is 2.35. The van der Waals surface area contributed by atoms with Gasteiger partial charge in [0.2, 0.25) is 0 Å². The number of rotatable bonds is 1. The van der Waals surface area contributed by atoms with Crippen LogP contribution in [0.15, 0.2) is 18.2 Å². The summed E-state index contributed by atoms with van der Waals surface area (Å²) in [4.78, 5) is 0. The first-order chi connectivity index (χ1) is 6.70. The Bertz CT molecular complexity index is 340. The molecule has 0 fully saturated rings. The molecule has 0 saturated carbocycles. The number of hydrogen-bond acceptors (Lipinski definition) is 2. The standard InChI is InChI=1S/C11H14FNO/c1-2-8-6-10(13)9-4-3-7(12)5-11(9)14-8/h3-5,8,10H,2,6,13H2,1H3/t8?,10-/m1/s1. The van der Waals surface area contributed by atoms with Crippen molar-refractivity contribution in [1.82, 2.24) is 0 Å². The molecule has 0 aromatic heterocycles. The van der Waals surface area contributed by atoms with Crippen molar-refractivity contribution in [2.24, 2.45) is 5.73 Å². The third kappa shape index (κ3) is 1.60. The summed E-state index contributed by atoms with van der Waals surface area (Å²) in [6.07, 6.45) is 1.85. The van der Waals surface area contributed by atoms with E-state index in [9.17, 15) is 4.39 Å². The SMILES string of the molecule is CCC1C[C@@H](N)c2ccc(F)cc2O1. The molecule has 76 valence electrons. The van der Waals surface area contributed by atoms with Gasteiger partial charge in [-0.1, -0.05) is 13.0 Å². The van der Waals surface area contributed by atoms with Gasteiger partial charge in [0, 0.05) is 24.1 Å². The van der Waals surface area contributed by atoms with Gasteiger partial charge in [-0.3, -0.25) is 0 Å². The third-order valence-electron chi connectivity index (χ3n) is 2.64. The second-order valence-corrected chi connectivity index (χ2v) is 3.67. The molecule has 0 spiro atoms. The van der Waals surface area contributed by atoms with E-state index in [1.165, 1.54) is 12.1 Å². The van der Waals surface area contributed by atoms with Crippen LogP contribution in [-0.2, 0) is 0 Å². The molecule has 1 aliphatic heterocycles. The van der Waals surface area contributed by atoms with Crippen LogP contribution in [0.1, 0.15) is 31.4 Å². The molecule has 1 unspecified atom stereocenters. The summed E-state index contributed by atoms with van der Waals surface area (Å²) in [7, 11) is 0. The van der Waals surface area contributed by atoms with E-state index in [0.717, 1.165) is 18.4 Å². The zero-order valence-electron chi connectivity index (χ0n) is 8.16. The van der Waals surface area contributed by atoms with Crippen molar-refractivity contribution < 1.29 is 9.13 Å². The summed E-state index contributed by atoms with van der Waals surface area (Å²) in [5.41, 5.74) is 6.87. The Morgan fingerprint density at radius 1 is 1.57 bits per heavy atom. The van der Waals surface area contributed by atoms with Crippen LogP contribution >= 0.6 is 0 Å². The number of benzene rings is 1.